The van der Waals surface area contributed by atoms with Crippen LogP contribution < -0.4 is 15.0 Å². The minimum Gasteiger partial charge on any atom is -0.486 e. The van der Waals surface area contributed by atoms with E-state index in [0.29, 0.717) is 27.5 Å². The number of methoxy groups -OCH3 is 1. The fourth-order valence-corrected chi connectivity index (χ4v) is 4.17. The molecule has 0 saturated heterocycles. The number of rotatable bonds is 7. The van der Waals surface area contributed by atoms with E-state index in [9.17, 15) is 4.79 Å². The molecule has 0 aromatic carbocycles. The van der Waals surface area contributed by atoms with Crippen LogP contribution in [0.2, 0.25) is 0 Å². The monoisotopic (exact) mass is 549 g/mol. The third-order valence-electron chi connectivity index (χ3n) is 5.73. The summed E-state index contributed by atoms with van der Waals surface area (Å²) in [6.07, 6.45) is 3.58. The lowest BCUT2D eigenvalue weighted by Gasteiger charge is -2.17. The van der Waals surface area contributed by atoms with Gasteiger partial charge in [0.25, 0.3) is 5.56 Å². The summed E-state index contributed by atoms with van der Waals surface area (Å²) in [6, 6.07) is 9.18. The molecule has 0 aliphatic heterocycles. The van der Waals surface area contributed by atoms with Gasteiger partial charge in [-0.25, -0.2) is 15.0 Å². The molecule has 0 N–H and O–H groups in total. The van der Waals surface area contributed by atoms with Crippen molar-refractivity contribution in [3.05, 3.63) is 85.9 Å². The van der Waals surface area contributed by atoms with Crippen LogP contribution in [0.5, 0.6) is 11.6 Å². The Kier molecular flexibility index (Phi) is 7.49. The van der Waals surface area contributed by atoms with Gasteiger partial charge in [-0.3, -0.25) is 14.3 Å². The van der Waals surface area contributed by atoms with E-state index in [1.165, 1.54) is 0 Å². The Bertz CT molecular complexity index is 1480. The molecule has 0 fully saturated rings. The molecule has 0 radical (unpaired) electrons. The molecule has 0 atom stereocenters. The number of pyridine rings is 3. The van der Waals surface area contributed by atoms with Crippen molar-refractivity contribution in [1.29, 1.82) is 0 Å². The third-order valence-corrected chi connectivity index (χ3v) is 6.46. The number of ether oxygens (including phenoxy) is 2. The highest BCUT2D eigenvalue weighted by Gasteiger charge is 2.18. The van der Waals surface area contributed by atoms with Crippen LogP contribution in [0.1, 0.15) is 48.1 Å². The predicted octanol–water partition coefficient (Wildman–Crippen LogP) is 5.48. The maximum absolute atomic E-state index is 13.5. The standard InChI is InChI=1S/C27H28BrN5O3/c1-15(2)26-30-13-17(4)25(32-26)20-11-21(16(3)12-29-20)33-18(5)10-22(24(28)27(33)34)36-14-19-8-7-9-23(31-19)35-6/h7-13,15H,14H2,1-6H3. The molecule has 0 bridgehead atoms. The summed E-state index contributed by atoms with van der Waals surface area (Å²) in [7, 11) is 1.56. The predicted molar refractivity (Wildman–Crippen MR) is 142 cm³/mol. The maximum Gasteiger partial charge on any atom is 0.273 e. The van der Waals surface area contributed by atoms with Crippen molar-refractivity contribution in [2.45, 2.75) is 47.1 Å². The molecule has 4 aromatic heterocycles. The zero-order chi connectivity index (χ0) is 26.0. The normalized spacial score (nSPS) is 11.1. The average Bonchev–Trinajstić information content (AvgIpc) is 2.87. The maximum atomic E-state index is 13.5. The average molecular weight is 550 g/mol. The second-order valence-electron chi connectivity index (χ2n) is 8.84. The first-order valence-electron chi connectivity index (χ1n) is 11.6. The molecular weight excluding hydrogens is 522 g/mol. The van der Waals surface area contributed by atoms with Crippen molar-refractivity contribution < 1.29 is 9.47 Å². The third kappa shape index (κ3) is 5.16. The second kappa shape index (κ2) is 10.6. The smallest absolute Gasteiger partial charge is 0.273 e. The van der Waals surface area contributed by atoms with Gasteiger partial charge in [-0.2, -0.15) is 0 Å². The van der Waals surface area contributed by atoms with E-state index >= 15 is 0 Å². The van der Waals surface area contributed by atoms with Gasteiger partial charge in [-0.1, -0.05) is 19.9 Å². The van der Waals surface area contributed by atoms with E-state index in [1.54, 1.807) is 23.9 Å². The highest BCUT2D eigenvalue weighted by atomic mass is 79.9. The highest BCUT2D eigenvalue weighted by Crippen LogP contribution is 2.28. The Balaban J connectivity index is 1.73. The molecule has 36 heavy (non-hydrogen) atoms. The summed E-state index contributed by atoms with van der Waals surface area (Å²) in [6.45, 7) is 10.1. The first-order valence-corrected chi connectivity index (χ1v) is 12.3. The largest absolute Gasteiger partial charge is 0.486 e. The number of nitrogens with zero attached hydrogens (tertiary/aromatic N) is 5. The molecule has 0 unspecified atom stereocenters. The van der Waals surface area contributed by atoms with Crippen molar-refractivity contribution in [2.75, 3.05) is 7.11 Å². The minimum atomic E-state index is -0.230. The quantitative estimate of drug-likeness (QED) is 0.301. The zero-order valence-corrected chi connectivity index (χ0v) is 22.8. The topological polar surface area (TPSA) is 92.0 Å². The van der Waals surface area contributed by atoms with E-state index < -0.39 is 0 Å². The van der Waals surface area contributed by atoms with E-state index in [0.717, 1.165) is 34.0 Å². The van der Waals surface area contributed by atoms with Gasteiger partial charge in [0, 0.05) is 36.1 Å². The summed E-state index contributed by atoms with van der Waals surface area (Å²) >= 11 is 3.45. The van der Waals surface area contributed by atoms with E-state index in [4.69, 9.17) is 14.5 Å². The Morgan fingerprint density at radius 2 is 1.78 bits per heavy atom. The van der Waals surface area contributed by atoms with Crippen LogP contribution in [0, 0.1) is 20.8 Å². The summed E-state index contributed by atoms with van der Waals surface area (Å²) in [5, 5.41) is 0. The Labute approximate surface area is 218 Å². The minimum absolute atomic E-state index is 0.190. The molecule has 9 heteroatoms. The van der Waals surface area contributed by atoms with E-state index in [-0.39, 0.29) is 18.1 Å². The van der Waals surface area contributed by atoms with Gasteiger partial charge in [0.15, 0.2) is 0 Å². The molecule has 8 nitrogen and oxygen atoms in total. The first kappa shape index (κ1) is 25.5. The Morgan fingerprint density at radius 1 is 1.03 bits per heavy atom. The summed E-state index contributed by atoms with van der Waals surface area (Å²) in [5.74, 6) is 1.89. The Hall–Kier alpha value is -3.59. The fourth-order valence-electron chi connectivity index (χ4n) is 3.77. The number of aryl methyl sites for hydroxylation is 3. The van der Waals surface area contributed by atoms with Gasteiger partial charge >= 0.3 is 0 Å². The van der Waals surface area contributed by atoms with Crippen LogP contribution in [-0.2, 0) is 6.61 Å². The molecule has 186 valence electrons. The van der Waals surface area contributed by atoms with Crippen LogP contribution in [0.4, 0.5) is 0 Å². The molecule has 0 amide bonds. The van der Waals surface area contributed by atoms with Crippen molar-refractivity contribution in [2.24, 2.45) is 0 Å². The number of halogens is 1. The van der Waals surface area contributed by atoms with Gasteiger partial charge in [-0.15, -0.1) is 0 Å². The number of hydrogen-bond donors (Lipinski definition) is 0. The number of hydrogen-bond acceptors (Lipinski definition) is 7. The molecular formula is C27H28BrN5O3. The SMILES string of the molecule is COc1cccc(COc2cc(C)n(-c3cc(-c4nc(C(C)C)ncc4C)ncc3C)c(=O)c2Br)n1. The Morgan fingerprint density at radius 3 is 2.50 bits per heavy atom. The molecule has 4 heterocycles. The van der Waals surface area contributed by atoms with Gasteiger partial charge in [-0.05, 0) is 60.0 Å². The fraction of sp³-hybridized carbons (Fsp3) is 0.296. The molecule has 0 aliphatic rings. The van der Waals surface area contributed by atoms with Crippen molar-refractivity contribution in [3.63, 3.8) is 0 Å². The summed E-state index contributed by atoms with van der Waals surface area (Å²) in [4.78, 5) is 31.6. The van der Waals surface area contributed by atoms with Crippen molar-refractivity contribution >= 4 is 15.9 Å². The lowest BCUT2D eigenvalue weighted by molar-refractivity contribution is 0.295. The molecule has 0 saturated carbocycles. The van der Waals surface area contributed by atoms with Crippen molar-refractivity contribution in [1.82, 2.24) is 24.5 Å². The van der Waals surface area contributed by atoms with Gasteiger partial charge in [0.1, 0.15) is 22.7 Å². The van der Waals surface area contributed by atoms with E-state index in [1.807, 2.05) is 51.2 Å². The number of aromatic nitrogens is 5. The molecule has 4 rings (SSSR count). The second-order valence-corrected chi connectivity index (χ2v) is 9.63. The van der Waals surface area contributed by atoms with Crippen LogP contribution in [0.15, 0.2) is 52.0 Å². The van der Waals surface area contributed by atoms with E-state index in [2.05, 4.69) is 44.7 Å². The van der Waals surface area contributed by atoms with Crippen LogP contribution in [0.3, 0.4) is 0 Å². The van der Waals surface area contributed by atoms with Gasteiger partial charge < -0.3 is 9.47 Å². The van der Waals surface area contributed by atoms with Crippen molar-refractivity contribution in [3.8, 4) is 28.7 Å². The summed E-state index contributed by atoms with van der Waals surface area (Å²) in [5.41, 5.74) is 5.13. The van der Waals surface area contributed by atoms with Gasteiger partial charge in [0.2, 0.25) is 5.88 Å². The lowest BCUT2D eigenvalue weighted by Crippen LogP contribution is -2.23. The molecule has 0 spiro atoms. The molecule has 0 aliphatic carbocycles. The summed E-state index contributed by atoms with van der Waals surface area (Å²) < 4.78 is 13.1. The lowest BCUT2D eigenvalue weighted by atomic mass is 10.1. The van der Waals surface area contributed by atoms with Crippen LogP contribution in [0.25, 0.3) is 17.1 Å². The van der Waals surface area contributed by atoms with Crippen LogP contribution >= 0.6 is 15.9 Å². The van der Waals surface area contributed by atoms with Gasteiger partial charge in [0.05, 0.1) is 29.9 Å². The highest BCUT2D eigenvalue weighted by molar-refractivity contribution is 9.10. The zero-order valence-electron chi connectivity index (χ0n) is 21.2. The first-order chi connectivity index (χ1) is 17.2. The molecule has 4 aromatic rings. The van der Waals surface area contributed by atoms with Crippen LogP contribution in [-0.4, -0.2) is 31.6 Å².